The lowest BCUT2D eigenvalue weighted by molar-refractivity contribution is -0.138. The zero-order chi connectivity index (χ0) is 15.5. The molecule has 1 unspecified atom stereocenters. The Kier molecular flexibility index (Phi) is 4.48. The Morgan fingerprint density at radius 3 is 2.43 bits per heavy atom. The Bertz CT molecular complexity index is 584. The lowest BCUT2D eigenvalue weighted by Crippen LogP contribution is -2.24. The first-order valence-corrected chi connectivity index (χ1v) is 7.03. The van der Waals surface area contributed by atoms with E-state index in [0.717, 1.165) is 5.56 Å². The molecule has 21 heavy (non-hydrogen) atoms. The molecule has 1 aromatic carbocycles. The molecule has 0 amide bonds. The van der Waals surface area contributed by atoms with Crippen LogP contribution in [0.25, 0.3) is 0 Å². The summed E-state index contributed by atoms with van der Waals surface area (Å²) in [4.78, 5) is 0. The van der Waals surface area contributed by atoms with E-state index < -0.39 is 16.8 Å². The normalized spacial score (nSPS) is 14.7. The van der Waals surface area contributed by atoms with Gasteiger partial charge in [-0.05, 0) is 18.9 Å². The van der Waals surface area contributed by atoms with E-state index in [1.54, 1.807) is 19.1 Å². The summed E-state index contributed by atoms with van der Waals surface area (Å²) in [5, 5.41) is 18.7. The van der Waals surface area contributed by atoms with Crippen LogP contribution >= 0.6 is 11.3 Å². The van der Waals surface area contributed by atoms with Crippen molar-refractivity contribution in [3.63, 3.8) is 0 Å². The zero-order valence-corrected chi connectivity index (χ0v) is 12.0. The Hall–Kier alpha value is -1.67. The number of hydrogen-bond acceptors (Lipinski definition) is 5. The van der Waals surface area contributed by atoms with Crippen molar-refractivity contribution in [2.45, 2.75) is 25.1 Å². The first-order chi connectivity index (χ1) is 9.79. The van der Waals surface area contributed by atoms with Crippen LogP contribution in [-0.4, -0.2) is 21.8 Å². The SMILES string of the molecule is CC(O)(CCNc1nnc(C(F)(F)F)s1)c1ccccc1. The van der Waals surface area contributed by atoms with Crippen molar-refractivity contribution in [3.05, 3.63) is 40.9 Å². The van der Waals surface area contributed by atoms with Gasteiger partial charge in [-0.15, -0.1) is 10.2 Å². The first-order valence-electron chi connectivity index (χ1n) is 6.21. The number of nitrogens with zero attached hydrogens (tertiary/aromatic N) is 2. The molecule has 0 aliphatic heterocycles. The quantitative estimate of drug-likeness (QED) is 0.888. The second-order valence-corrected chi connectivity index (χ2v) is 5.70. The fourth-order valence-corrected chi connectivity index (χ4v) is 2.40. The van der Waals surface area contributed by atoms with Crippen molar-refractivity contribution >= 4 is 16.5 Å². The van der Waals surface area contributed by atoms with Gasteiger partial charge in [-0.3, -0.25) is 0 Å². The van der Waals surface area contributed by atoms with Gasteiger partial charge in [0.05, 0.1) is 5.60 Å². The van der Waals surface area contributed by atoms with Gasteiger partial charge in [-0.1, -0.05) is 41.7 Å². The second kappa shape index (κ2) is 5.98. The molecule has 0 fully saturated rings. The smallest absolute Gasteiger partial charge is 0.385 e. The number of nitrogens with one attached hydrogen (secondary N) is 1. The van der Waals surface area contributed by atoms with Crippen molar-refractivity contribution in [2.24, 2.45) is 0 Å². The van der Waals surface area contributed by atoms with Crippen LogP contribution in [0, 0.1) is 0 Å². The summed E-state index contributed by atoms with van der Waals surface area (Å²) in [7, 11) is 0. The van der Waals surface area contributed by atoms with E-state index in [1.165, 1.54) is 0 Å². The van der Waals surface area contributed by atoms with Crippen molar-refractivity contribution in [1.82, 2.24) is 10.2 Å². The second-order valence-electron chi connectivity index (χ2n) is 4.73. The highest BCUT2D eigenvalue weighted by molar-refractivity contribution is 7.15. The Labute approximate surface area is 123 Å². The molecule has 2 N–H and O–H groups in total. The van der Waals surface area contributed by atoms with Crippen LogP contribution in [0.4, 0.5) is 18.3 Å². The van der Waals surface area contributed by atoms with Crippen LogP contribution in [0.5, 0.6) is 0 Å². The third-order valence-electron chi connectivity index (χ3n) is 2.95. The van der Waals surface area contributed by atoms with Crippen molar-refractivity contribution in [2.75, 3.05) is 11.9 Å². The molecule has 0 radical (unpaired) electrons. The molecule has 0 bridgehead atoms. The summed E-state index contributed by atoms with van der Waals surface area (Å²) in [5.41, 5.74) is -0.314. The minimum Gasteiger partial charge on any atom is -0.385 e. The monoisotopic (exact) mass is 317 g/mol. The number of alkyl halides is 3. The third kappa shape index (κ3) is 4.15. The molecule has 1 aromatic heterocycles. The number of anilines is 1. The van der Waals surface area contributed by atoms with Gasteiger partial charge in [0.1, 0.15) is 0 Å². The summed E-state index contributed by atoms with van der Waals surface area (Å²) >= 11 is 0.446. The van der Waals surface area contributed by atoms with E-state index in [9.17, 15) is 18.3 Å². The molecule has 0 spiro atoms. The first kappa shape index (κ1) is 15.7. The van der Waals surface area contributed by atoms with Gasteiger partial charge in [0.25, 0.3) is 0 Å². The van der Waals surface area contributed by atoms with Gasteiger partial charge in [0, 0.05) is 6.54 Å². The van der Waals surface area contributed by atoms with Gasteiger partial charge in [0.15, 0.2) is 0 Å². The summed E-state index contributed by atoms with van der Waals surface area (Å²) in [6, 6.07) is 9.08. The number of rotatable bonds is 5. The topological polar surface area (TPSA) is 58.0 Å². The third-order valence-corrected chi connectivity index (χ3v) is 3.88. The molecule has 1 heterocycles. The maximum absolute atomic E-state index is 12.4. The van der Waals surface area contributed by atoms with E-state index in [2.05, 4.69) is 15.5 Å². The predicted molar refractivity (Wildman–Crippen MR) is 74.0 cm³/mol. The summed E-state index contributed by atoms with van der Waals surface area (Å²) in [6.45, 7) is 1.94. The maximum atomic E-state index is 12.4. The standard InChI is InChI=1S/C13H14F3N3OS/c1-12(20,9-5-3-2-4-6-9)7-8-17-11-19-18-10(21-11)13(14,15)16/h2-6,20H,7-8H2,1H3,(H,17,19). The van der Waals surface area contributed by atoms with Crippen molar-refractivity contribution in [1.29, 1.82) is 0 Å². The highest BCUT2D eigenvalue weighted by Gasteiger charge is 2.35. The lowest BCUT2D eigenvalue weighted by atomic mass is 9.93. The molecule has 8 heteroatoms. The van der Waals surface area contributed by atoms with Crippen molar-refractivity contribution < 1.29 is 18.3 Å². The number of aliphatic hydroxyl groups is 1. The van der Waals surface area contributed by atoms with Crippen LogP contribution < -0.4 is 5.32 Å². The molecule has 2 aromatic rings. The number of benzene rings is 1. The molecule has 0 aliphatic carbocycles. The average Bonchev–Trinajstić information content (AvgIpc) is 2.88. The molecule has 114 valence electrons. The Morgan fingerprint density at radius 2 is 1.86 bits per heavy atom. The van der Waals surface area contributed by atoms with E-state index in [-0.39, 0.29) is 11.7 Å². The fraction of sp³-hybridized carbons (Fsp3) is 0.385. The van der Waals surface area contributed by atoms with Gasteiger partial charge in [0.2, 0.25) is 10.1 Å². The van der Waals surface area contributed by atoms with E-state index in [4.69, 9.17) is 0 Å². The fourth-order valence-electron chi connectivity index (χ4n) is 1.76. The van der Waals surface area contributed by atoms with E-state index >= 15 is 0 Å². The summed E-state index contributed by atoms with van der Waals surface area (Å²) in [5.74, 6) is 0. The molecule has 0 aliphatic rings. The Balaban J connectivity index is 1.91. The van der Waals surface area contributed by atoms with Crippen LogP contribution in [0.15, 0.2) is 30.3 Å². The molecule has 4 nitrogen and oxygen atoms in total. The Morgan fingerprint density at radius 1 is 1.19 bits per heavy atom. The lowest BCUT2D eigenvalue weighted by Gasteiger charge is -2.23. The molecule has 0 saturated heterocycles. The highest BCUT2D eigenvalue weighted by atomic mass is 32.1. The predicted octanol–water partition coefficient (Wildman–Crippen LogP) is 3.27. The van der Waals surface area contributed by atoms with E-state index in [1.807, 2.05) is 18.2 Å². The number of halogens is 3. The summed E-state index contributed by atoms with van der Waals surface area (Å²) < 4.78 is 37.1. The molecule has 1 atom stereocenters. The molecule has 2 rings (SSSR count). The maximum Gasteiger partial charge on any atom is 0.445 e. The van der Waals surface area contributed by atoms with Crippen molar-refractivity contribution in [3.8, 4) is 0 Å². The number of aromatic nitrogens is 2. The molecular weight excluding hydrogens is 303 g/mol. The van der Waals surface area contributed by atoms with Gasteiger partial charge >= 0.3 is 6.18 Å². The minimum absolute atomic E-state index is 0.0891. The van der Waals surface area contributed by atoms with Crippen LogP contribution in [0.2, 0.25) is 0 Å². The van der Waals surface area contributed by atoms with Crippen LogP contribution in [-0.2, 0) is 11.8 Å². The average molecular weight is 317 g/mol. The highest BCUT2D eigenvalue weighted by Crippen LogP contribution is 2.33. The van der Waals surface area contributed by atoms with E-state index in [0.29, 0.717) is 17.8 Å². The minimum atomic E-state index is -4.48. The van der Waals surface area contributed by atoms with Crippen LogP contribution in [0.3, 0.4) is 0 Å². The number of hydrogen-bond donors (Lipinski definition) is 2. The van der Waals surface area contributed by atoms with Gasteiger partial charge < -0.3 is 10.4 Å². The summed E-state index contributed by atoms with van der Waals surface area (Å²) in [6.07, 6.45) is -4.15. The van der Waals surface area contributed by atoms with Gasteiger partial charge in [-0.25, -0.2) is 0 Å². The van der Waals surface area contributed by atoms with Gasteiger partial charge in [-0.2, -0.15) is 13.2 Å². The molecular formula is C13H14F3N3OS. The molecule has 0 saturated carbocycles. The van der Waals surface area contributed by atoms with Crippen LogP contribution in [0.1, 0.15) is 23.9 Å². The zero-order valence-electron chi connectivity index (χ0n) is 11.2. The largest absolute Gasteiger partial charge is 0.445 e.